The van der Waals surface area contributed by atoms with E-state index in [2.05, 4.69) is 15.5 Å². The number of hydrogen-bond acceptors (Lipinski definition) is 5. The Labute approximate surface area is 103 Å². The number of nitrogens with zero attached hydrogens (tertiary/aromatic N) is 2. The molecule has 0 aliphatic heterocycles. The molecular formula is C11H12N4O3. The minimum atomic E-state index is -0.538. The lowest BCUT2D eigenvalue weighted by Crippen LogP contribution is -2.07. The normalized spacial score (nSPS) is 12.1. The van der Waals surface area contributed by atoms with Gasteiger partial charge in [0, 0.05) is 11.8 Å². The van der Waals surface area contributed by atoms with Crippen LogP contribution >= 0.6 is 0 Å². The van der Waals surface area contributed by atoms with Crippen LogP contribution in [0.3, 0.4) is 0 Å². The quantitative estimate of drug-likeness (QED) is 0.437. The van der Waals surface area contributed by atoms with Gasteiger partial charge in [-0.05, 0) is 19.1 Å². The fourth-order valence-electron chi connectivity index (χ4n) is 1.61. The summed E-state index contributed by atoms with van der Waals surface area (Å²) < 4.78 is 0. The molecule has 0 aliphatic rings. The predicted octanol–water partition coefficient (Wildman–Crippen LogP) is 2.20. The summed E-state index contributed by atoms with van der Waals surface area (Å²) in [5.74, 6) is -0.136. The van der Waals surface area contributed by atoms with Crippen LogP contribution in [0.4, 0.5) is 11.4 Å². The summed E-state index contributed by atoms with van der Waals surface area (Å²) in [4.78, 5) is 10.3. The number of hydrogen-bond donors (Lipinski definition) is 3. The molecule has 7 heteroatoms. The fraction of sp³-hybridized carbons (Fsp3) is 0.182. The first-order valence-corrected chi connectivity index (χ1v) is 5.30. The maximum Gasteiger partial charge on any atom is 0.296 e. The van der Waals surface area contributed by atoms with Crippen LogP contribution in [0, 0.1) is 10.1 Å². The molecule has 94 valence electrons. The molecule has 0 spiro atoms. The number of aromatic nitrogens is 2. The second-order valence-corrected chi connectivity index (χ2v) is 3.86. The third-order valence-electron chi connectivity index (χ3n) is 2.57. The highest BCUT2D eigenvalue weighted by Gasteiger charge is 2.17. The van der Waals surface area contributed by atoms with Crippen molar-refractivity contribution in [3.63, 3.8) is 0 Å². The Hall–Kier alpha value is -2.57. The van der Waals surface area contributed by atoms with Crippen molar-refractivity contribution in [1.82, 2.24) is 10.2 Å². The lowest BCUT2D eigenvalue weighted by Gasteiger charge is -2.13. The van der Waals surface area contributed by atoms with E-state index < -0.39 is 4.92 Å². The molecule has 3 N–H and O–H groups in total. The van der Waals surface area contributed by atoms with Crippen LogP contribution in [-0.2, 0) is 0 Å². The van der Waals surface area contributed by atoms with Gasteiger partial charge in [0.05, 0.1) is 23.2 Å². The molecule has 0 saturated carbocycles. The molecule has 1 atom stereocenters. The van der Waals surface area contributed by atoms with Gasteiger partial charge in [-0.15, -0.1) is 0 Å². The number of anilines is 1. The van der Waals surface area contributed by atoms with Crippen LogP contribution in [0.5, 0.6) is 5.75 Å². The van der Waals surface area contributed by atoms with Crippen molar-refractivity contribution >= 4 is 11.4 Å². The van der Waals surface area contributed by atoms with Crippen LogP contribution in [0.1, 0.15) is 18.5 Å². The van der Waals surface area contributed by atoms with E-state index in [1.807, 2.05) is 6.92 Å². The number of phenols is 1. The minimum absolute atomic E-state index is 0.132. The molecular weight excluding hydrogens is 236 g/mol. The first kappa shape index (κ1) is 11.9. The Kier molecular flexibility index (Phi) is 3.13. The first-order chi connectivity index (χ1) is 8.58. The van der Waals surface area contributed by atoms with Crippen LogP contribution in [0.2, 0.25) is 0 Å². The SMILES string of the molecule is CC(Nc1ccc(O)cc1[N+](=O)[O-])c1cn[nH]c1. The van der Waals surface area contributed by atoms with Crippen molar-refractivity contribution in [3.8, 4) is 5.75 Å². The number of nitro groups is 1. The molecule has 1 aromatic heterocycles. The summed E-state index contributed by atoms with van der Waals surface area (Å²) in [6, 6.07) is 3.86. The molecule has 2 rings (SSSR count). The van der Waals surface area contributed by atoms with Crippen LogP contribution in [0.25, 0.3) is 0 Å². The topological polar surface area (TPSA) is 104 Å². The van der Waals surface area contributed by atoms with Crippen molar-refractivity contribution in [2.45, 2.75) is 13.0 Å². The van der Waals surface area contributed by atoms with Crippen molar-refractivity contribution in [3.05, 3.63) is 46.3 Å². The monoisotopic (exact) mass is 248 g/mol. The Morgan fingerprint density at radius 3 is 2.94 bits per heavy atom. The van der Waals surface area contributed by atoms with Crippen LogP contribution in [-0.4, -0.2) is 20.2 Å². The average molecular weight is 248 g/mol. The Morgan fingerprint density at radius 1 is 1.56 bits per heavy atom. The highest BCUT2D eigenvalue weighted by Crippen LogP contribution is 2.30. The summed E-state index contributed by atoms with van der Waals surface area (Å²) in [6.45, 7) is 1.86. The number of nitrogens with one attached hydrogen (secondary N) is 2. The van der Waals surface area contributed by atoms with E-state index in [0.717, 1.165) is 11.6 Å². The second kappa shape index (κ2) is 4.74. The molecule has 0 aliphatic carbocycles. The van der Waals surface area contributed by atoms with Crippen molar-refractivity contribution in [2.24, 2.45) is 0 Å². The molecule has 1 unspecified atom stereocenters. The highest BCUT2D eigenvalue weighted by atomic mass is 16.6. The lowest BCUT2D eigenvalue weighted by molar-refractivity contribution is -0.384. The molecule has 7 nitrogen and oxygen atoms in total. The van der Waals surface area contributed by atoms with Crippen LogP contribution < -0.4 is 5.32 Å². The third kappa shape index (κ3) is 2.40. The van der Waals surface area contributed by atoms with Crippen LogP contribution in [0.15, 0.2) is 30.6 Å². The molecule has 1 heterocycles. The van der Waals surface area contributed by atoms with E-state index in [4.69, 9.17) is 0 Å². The van der Waals surface area contributed by atoms with E-state index in [1.165, 1.54) is 12.1 Å². The van der Waals surface area contributed by atoms with Crippen molar-refractivity contribution in [2.75, 3.05) is 5.32 Å². The molecule has 0 fully saturated rings. The second-order valence-electron chi connectivity index (χ2n) is 3.86. The molecule has 1 aromatic carbocycles. The molecule has 0 amide bonds. The Morgan fingerprint density at radius 2 is 2.33 bits per heavy atom. The molecule has 0 radical (unpaired) electrons. The molecule has 0 saturated heterocycles. The summed E-state index contributed by atoms with van der Waals surface area (Å²) in [6.07, 6.45) is 3.35. The fourth-order valence-corrected chi connectivity index (χ4v) is 1.61. The summed E-state index contributed by atoms with van der Waals surface area (Å²) >= 11 is 0. The zero-order valence-corrected chi connectivity index (χ0v) is 9.62. The smallest absolute Gasteiger partial charge is 0.296 e. The highest BCUT2D eigenvalue weighted by molar-refractivity contribution is 5.64. The zero-order valence-electron chi connectivity index (χ0n) is 9.62. The van der Waals surface area contributed by atoms with Gasteiger partial charge >= 0.3 is 0 Å². The standard InChI is InChI=1S/C11H12N4O3/c1-7(8-5-12-13-6-8)14-10-3-2-9(16)4-11(10)15(17)18/h2-7,14,16H,1H3,(H,12,13). The predicted molar refractivity (Wildman–Crippen MR) is 65.4 cm³/mol. The Balaban J connectivity index is 2.26. The van der Waals surface area contributed by atoms with Gasteiger partial charge in [0.2, 0.25) is 0 Å². The van der Waals surface area contributed by atoms with Gasteiger partial charge in [-0.25, -0.2) is 0 Å². The van der Waals surface area contributed by atoms with Gasteiger partial charge in [-0.1, -0.05) is 0 Å². The van der Waals surface area contributed by atoms with E-state index in [1.54, 1.807) is 12.4 Å². The number of aromatic amines is 1. The summed E-state index contributed by atoms with van der Waals surface area (Å²) in [7, 11) is 0. The number of rotatable bonds is 4. The van der Waals surface area contributed by atoms with Gasteiger partial charge < -0.3 is 10.4 Å². The van der Waals surface area contributed by atoms with E-state index in [-0.39, 0.29) is 17.5 Å². The maximum atomic E-state index is 10.9. The maximum absolute atomic E-state index is 10.9. The lowest BCUT2D eigenvalue weighted by atomic mass is 10.1. The third-order valence-corrected chi connectivity index (χ3v) is 2.57. The van der Waals surface area contributed by atoms with Crippen molar-refractivity contribution < 1.29 is 10.0 Å². The largest absolute Gasteiger partial charge is 0.508 e. The van der Waals surface area contributed by atoms with E-state index in [9.17, 15) is 15.2 Å². The van der Waals surface area contributed by atoms with E-state index >= 15 is 0 Å². The number of H-pyrrole nitrogens is 1. The van der Waals surface area contributed by atoms with Gasteiger partial charge in [0.1, 0.15) is 11.4 Å². The van der Waals surface area contributed by atoms with Crippen molar-refractivity contribution in [1.29, 1.82) is 0 Å². The average Bonchev–Trinajstić information content (AvgIpc) is 2.84. The molecule has 2 aromatic rings. The van der Waals surface area contributed by atoms with Gasteiger partial charge in [0.15, 0.2) is 0 Å². The number of nitro benzene ring substituents is 1. The van der Waals surface area contributed by atoms with Gasteiger partial charge in [-0.3, -0.25) is 15.2 Å². The molecule has 0 bridgehead atoms. The first-order valence-electron chi connectivity index (χ1n) is 5.30. The zero-order chi connectivity index (χ0) is 13.1. The van der Waals surface area contributed by atoms with E-state index in [0.29, 0.717) is 5.69 Å². The molecule has 18 heavy (non-hydrogen) atoms. The minimum Gasteiger partial charge on any atom is -0.508 e. The summed E-state index contributed by atoms with van der Waals surface area (Å²) in [5, 5.41) is 29.6. The van der Waals surface area contributed by atoms with Gasteiger partial charge in [0.25, 0.3) is 5.69 Å². The van der Waals surface area contributed by atoms with Gasteiger partial charge in [-0.2, -0.15) is 5.10 Å². The summed E-state index contributed by atoms with van der Waals surface area (Å²) in [5.41, 5.74) is 1.08. The number of aromatic hydroxyl groups is 1. The number of benzene rings is 1. The number of phenolic OH excluding ortho intramolecular Hbond substituents is 1. The Bertz CT molecular complexity index is 553.